The molecule has 2 heterocycles. The van der Waals surface area contributed by atoms with E-state index in [4.69, 9.17) is 4.74 Å². The van der Waals surface area contributed by atoms with E-state index in [0.717, 1.165) is 30.6 Å². The summed E-state index contributed by atoms with van der Waals surface area (Å²) in [6.07, 6.45) is 6.48. The Hall–Kier alpha value is -2.30. The van der Waals surface area contributed by atoms with E-state index in [2.05, 4.69) is 10.4 Å². The highest BCUT2D eigenvalue weighted by Crippen LogP contribution is 2.26. The summed E-state index contributed by atoms with van der Waals surface area (Å²) in [5.41, 5.74) is 2.32. The van der Waals surface area contributed by atoms with Gasteiger partial charge in [-0.3, -0.25) is 9.48 Å². The van der Waals surface area contributed by atoms with E-state index in [1.807, 2.05) is 43.7 Å². The number of rotatable bonds is 5. The van der Waals surface area contributed by atoms with Crippen LogP contribution in [0.3, 0.4) is 0 Å². The quantitative estimate of drug-likeness (QED) is 0.855. The fraction of sp³-hybridized carbons (Fsp3) is 0.412. The van der Waals surface area contributed by atoms with Crippen LogP contribution in [0.4, 0.5) is 0 Å². The van der Waals surface area contributed by atoms with Crippen LogP contribution in [-0.2, 0) is 24.7 Å². The standard InChI is InChI=1S/C17H21N3O2/c1-20-11-13(10-19-20)5-4-8-18-17(21)15-9-14-6-2-3-7-16(14)22-12-15/h2-3,6-7,10-11,15H,4-5,8-9,12H2,1H3,(H,18,21)/t15-/m0/s1. The van der Waals surface area contributed by atoms with Crippen LogP contribution in [0, 0.1) is 5.92 Å². The molecule has 0 spiro atoms. The second-order valence-electron chi connectivity index (χ2n) is 5.74. The first-order valence-electron chi connectivity index (χ1n) is 7.68. The van der Waals surface area contributed by atoms with Gasteiger partial charge in [0.15, 0.2) is 0 Å². The van der Waals surface area contributed by atoms with Crippen molar-refractivity contribution in [2.24, 2.45) is 13.0 Å². The summed E-state index contributed by atoms with van der Waals surface area (Å²) < 4.78 is 7.46. The van der Waals surface area contributed by atoms with Crippen molar-refractivity contribution < 1.29 is 9.53 Å². The number of nitrogens with zero attached hydrogens (tertiary/aromatic N) is 2. The lowest BCUT2D eigenvalue weighted by molar-refractivity contribution is -0.126. The van der Waals surface area contributed by atoms with Gasteiger partial charge in [0.1, 0.15) is 12.4 Å². The average molecular weight is 299 g/mol. The van der Waals surface area contributed by atoms with Gasteiger partial charge in [-0.05, 0) is 36.5 Å². The molecule has 0 bridgehead atoms. The highest BCUT2D eigenvalue weighted by molar-refractivity contribution is 5.79. The van der Waals surface area contributed by atoms with Gasteiger partial charge in [-0.2, -0.15) is 5.10 Å². The van der Waals surface area contributed by atoms with Gasteiger partial charge in [0.2, 0.25) is 5.91 Å². The Labute approximate surface area is 130 Å². The van der Waals surface area contributed by atoms with Gasteiger partial charge in [-0.1, -0.05) is 18.2 Å². The zero-order valence-corrected chi connectivity index (χ0v) is 12.8. The number of para-hydroxylation sites is 1. The van der Waals surface area contributed by atoms with Crippen molar-refractivity contribution in [3.05, 3.63) is 47.8 Å². The summed E-state index contributed by atoms with van der Waals surface area (Å²) in [5, 5.41) is 7.15. The molecule has 22 heavy (non-hydrogen) atoms. The van der Waals surface area contributed by atoms with Crippen molar-refractivity contribution >= 4 is 5.91 Å². The van der Waals surface area contributed by atoms with E-state index in [-0.39, 0.29) is 11.8 Å². The molecule has 1 atom stereocenters. The fourth-order valence-electron chi connectivity index (χ4n) is 2.75. The molecule has 0 unspecified atom stereocenters. The van der Waals surface area contributed by atoms with E-state index in [9.17, 15) is 4.79 Å². The summed E-state index contributed by atoms with van der Waals surface area (Å²) in [4.78, 5) is 12.2. The average Bonchev–Trinajstić information content (AvgIpc) is 2.96. The predicted molar refractivity (Wildman–Crippen MR) is 83.7 cm³/mol. The molecule has 1 aromatic heterocycles. The number of nitrogens with one attached hydrogen (secondary N) is 1. The first-order valence-corrected chi connectivity index (χ1v) is 7.68. The van der Waals surface area contributed by atoms with Gasteiger partial charge in [0.25, 0.3) is 0 Å². The summed E-state index contributed by atoms with van der Waals surface area (Å²) in [7, 11) is 1.91. The van der Waals surface area contributed by atoms with E-state index in [1.54, 1.807) is 4.68 Å². The van der Waals surface area contributed by atoms with Crippen molar-refractivity contribution in [1.82, 2.24) is 15.1 Å². The molecule has 5 nitrogen and oxygen atoms in total. The van der Waals surface area contributed by atoms with Crippen molar-refractivity contribution in [3.63, 3.8) is 0 Å². The van der Waals surface area contributed by atoms with Gasteiger partial charge < -0.3 is 10.1 Å². The molecule has 0 aliphatic carbocycles. The number of amides is 1. The van der Waals surface area contributed by atoms with Crippen LogP contribution in [0.5, 0.6) is 5.75 Å². The lowest BCUT2D eigenvalue weighted by Gasteiger charge is -2.24. The van der Waals surface area contributed by atoms with Crippen LogP contribution >= 0.6 is 0 Å². The molecule has 2 aromatic rings. The topological polar surface area (TPSA) is 56.2 Å². The Balaban J connectivity index is 1.43. The molecule has 1 aromatic carbocycles. The van der Waals surface area contributed by atoms with Crippen LogP contribution in [0.2, 0.25) is 0 Å². The fourth-order valence-corrected chi connectivity index (χ4v) is 2.75. The van der Waals surface area contributed by atoms with Gasteiger partial charge in [-0.15, -0.1) is 0 Å². The number of hydrogen-bond acceptors (Lipinski definition) is 3. The molecular formula is C17H21N3O2. The number of fused-ring (bicyclic) bond motifs is 1. The molecule has 0 saturated heterocycles. The molecule has 0 saturated carbocycles. The highest BCUT2D eigenvalue weighted by atomic mass is 16.5. The highest BCUT2D eigenvalue weighted by Gasteiger charge is 2.25. The number of aryl methyl sites for hydroxylation is 2. The summed E-state index contributed by atoms with van der Waals surface area (Å²) in [6, 6.07) is 7.92. The minimum Gasteiger partial charge on any atom is -0.492 e. The van der Waals surface area contributed by atoms with E-state index >= 15 is 0 Å². The van der Waals surface area contributed by atoms with E-state index in [0.29, 0.717) is 13.2 Å². The van der Waals surface area contributed by atoms with Crippen LogP contribution in [0.1, 0.15) is 17.5 Å². The van der Waals surface area contributed by atoms with Crippen molar-refractivity contribution in [1.29, 1.82) is 0 Å². The summed E-state index contributed by atoms with van der Waals surface area (Å²) in [6.45, 7) is 1.15. The number of carbonyl (C=O) groups is 1. The maximum Gasteiger partial charge on any atom is 0.226 e. The molecule has 3 rings (SSSR count). The number of carbonyl (C=O) groups excluding carboxylic acids is 1. The third kappa shape index (κ3) is 3.47. The molecule has 1 N–H and O–H groups in total. The zero-order chi connectivity index (χ0) is 15.4. The van der Waals surface area contributed by atoms with E-state index < -0.39 is 0 Å². The second kappa shape index (κ2) is 6.64. The van der Waals surface area contributed by atoms with Crippen LogP contribution in [0.15, 0.2) is 36.7 Å². The Morgan fingerprint density at radius 3 is 3.14 bits per heavy atom. The predicted octanol–water partition coefficient (Wildman–Crippen LogP) is 1.72. The second-order valence-corrected chi connectivity index (χ2v) is 5.74. The maximum absolute atomic E-state index is 12.2. The Morgan fingerprint density at radius 1 is 1.45 bits per heavy atom. The van der Waals surface area contributed by atoms with Crippen molar-refractivity contribution in [2.45, 2.75) is 19.3 Å². The summed E-state index contributed by atoms with van der Waals surface area (Å²) >= 11 is 0. The normalized spacial score (nSPS) is 16.7. The molecule has 1 aliphatic rings. The third-order valence-electron chi connectivity index (χ3n) is 3.95. The molecule has 0 radical (unpaired) electrons. The smallest absolute Gasteiger partial charge is 0.226 e. The van der Waals surface area contributed by atoms with Gasteiger partial charge in [-0.25, -0.2) is 0 Å². The van der Waals surface area contributed by atoms with E-state index in [1.165, 1.54) is 5.56 Å². The molecular weight excluding hydrogens is 278 g/mol. The SMILES string of the molecule is Cn1cc(CCCNC(=O)[C@@H]2COc3ccccc3C2)cn1. The van der Waals surface area contributed by atoms with Crippen LogP contribution < -0.4 is 10.1 Å². The van der Waals surface area contributed by atoms with Gasteiger partial charge in [0.05, 0.1) is 12.1 Å². The van der Waals surface area contributed by atoms with Crippen molar-refractivity contribution in [2.75, 3.05) is 13.2 Å². The lowest BCUT2D eigenvalue weighted by Crippen LogP contribution is -2.37. The number of benzene rings is 1. The summed E-state index contributed by atoms with van der Waals surface area (Å²) in [5.74, 6) is 0.900. The van der Waals surface area contributed by atoms with Crippen LogP contribution in [-0.4, -0.2) is 28.8 Å². The largest absolute Gasteiger partial charge is 0.492 e. The number of ether oxygens (including phenoxy) is 1. The maximum atomic E-state index is 12.2. The minimum atomic E-state index is -0.0895. The first-order chi connectivity index (χ1) is 10.7. The molecule has 116 valence electrons. The first kappa shape index (κ1) is 14.6. The molecule has 0 fully saturated rings. The monoisotopic (exact) mass is 299 g/mol. The lowest BCUT2D eigenvalue weighted by atomic mass is 9.96. The minimum absolute atomic E-state index is 0.0840. The van der Waals surface area contributed by atoms with Gasteiger partial charge in [0, 0.05) is 19.8 Å². The number of aromatic nitrogens is 2. The molecule has 1 aliphatic heterocycles. The van der Waals surface area contributed by atoms with Crippen molar-refractivity contribution in [3.8, 4) is 5.75 Å². The molecule has 5 heteroatoms. The molecule has 1 amide bonds. The zero-order valence-electron chi connectivity index (χ0n) is 12.8. The Morgan fingerprint density at radius 2 is 2.32 bits per heavy atom. The van der Waals surface area contributed by atoms with Crippen LogP contribution in [0.25, 0.3) is 0 Å². The van der Waals surface area contributed by atoms with Gasteiger partial charge >= 0.3 is 0 Å². The third-order valence-corrected chi connectivity index (χ3v) is 3.95. The Kier molecular flexibility index (Phi) is 4.42. The number of hydrogen-bond donors (Lipinski definition) is 1. The Bertz CT molecular complexity index is 651.